The summed E-state index contributed by atoms with van der Waals surface area (Å²) < 4.78 is 0. The van der Waals surface area contributed by atoms with Crippen molar-refractivity contribution in [3.63, 3.8) is 0 Å². The zero-order valence-electron chi connectivity index (χ0n) is 14.2. The molecule has 2 heterocycles. The third-order valence-corrected chi connectivity index (χ3v) is 4.77. The molecule has 25 heavy (non-hydrogen) atoms. The molecule has 1 aliphatic rings. The Bertz CT molecular complexity index is 832. The molecule has 1 aromatic heterocycles. The average molecular weight is 357 g/mol. The van der Waals surface area contributed by atoms with E-state index in [4.69, 9.17) is 5.73 Å². The lowest BCUT2D eigenvalue weighted by Crippen LogP contribution is -2.58. The van der Waals surface area contributed by atoms with Crippen LogP contribution in [0.4, 0.5) is 17.2 Å². The number of thioether (sulfide) groups is 1. The van der Waals surface area contributed by atoms with Crippen molar-refractivity contribution < 1.29 is 9.59 Å². The largest absolute Gasteiger partial charge is 0.384 e. The average Bonchev–Trinajstić information content (AvgIpc) is 2.53. The monoisotopic (exact) mass is 357 g/mol. The van der Waals surface area contributed by atoms with Crippen LogP contribution in [0, 0.1) is 6.92 Å². The van der Waals surface area contributed by atoms with Crippen molar-refractivity contribution >= 4 is 40.8 Å². The molecule has 0 atom stereocenters. The van der Waals surface area contributed by atoms with E-state index in [1.54, 1.807) is 26.0 Å². The lowest BCUT2D eigenvalue weighted by molar-refractivity contribution is -0.125. The fraction of sp³-hybridized carbons (Fsp3) is 0.294. The van der Waals surface area contributed by atoms with Crippen LogP contribution in [0.3, 0.4) is 0 Å². The van der Waals surface area contributed by atoms with Crippen molar-refractivity contribution in [2.24, 2.45) is 0 Å². The minimum Gasteiger partial charge on any atom is -0.384 e. The number of fused-ring (bicyclic) bond motifs is 1. The number of rotatable bonds is 3. The summed E-state index contributed by atoms with van der Waals surface area (Å²) in [6, 6.07) is 8.92. The minimum absolute atomic E-state index is 0.105. The van der Waals surface area contributed by atoms with Crippen LogP contribution in [-0.4, -0.2) is 33.1 Å². The van der Waals surface area contributed by atoms with E-state index in [2.05, 4.69) is 15.3 Å². The van der Waals surface area contributed by atoms with E-state index in [9.17, 15) is 9.59 Å². The Morgan fingerprint density at radius 2 is 2.04 bits per heavy atom. The van der Waals surface area contributed by atoms with Gasteiger partial charge in [0.15, 0.2) is 5.16 Å². The third-order valence-electron chi connectivity index (χ3n) is 3.94. The third kappa shape index (κ3) is 3.30. The number of carbonyl (C=O) groups is 2. The van der Waals surface area contributed by atoms with Crippen LogP contribution in [0.5, 0.6) is 0 Å². The first-order valence-electron chi connectivity index (χ1n) is 7.76. The Morgan fingerprint density at radius 1 is 1.32 bits per heavy atom. The summed E-state index contributed by atoms with van der Waals surface area (Å²) in [6.45, 7) is 5.27. The van der Waals surface area contributed by atoms with E-state index in [1.807, 2.05) is 25.1 Å². The second kappa shape index (κ2) is 6.36. The summed E-state index contributed by atoms with van der Waals surface area (Å²) in [5.74, 6) is 0.0561. The zero-order valence-corrected chi connectivity index (χ0v) is 15.1. The Morgan fingerprint density at radius 3 is 2.76 bits per heavy atom. The van der Waals surface area contributed by atoms with Gasteiger partial charge < -0.3 is 11.1 Å². The summed E-state index contributed by atoms with van der Waals surface area (Å²) in [4.78, 5) is 35.2. The van der Waals surface area contributed by atoms with E-state index in [0.717, 1.165) is 5.69 Å². The normalized spacial score (nSPS) is 15.5. The number of anilines is 3. The first kappa shape index (κ1) is 17.2. The van der Waals surface area contributed by atoms with Crippen molar-refractivity contribution in [1.82, 2.24) is 9.97 Å². The molecule has 3 N–H and O–H groups in total. The first-order valence-corrected chi connectivity index (χ1v) is 8.75. The number of nitrogen functional groups attached to an aromatic ring is 1. The van der Waals surface area contributed by atoms with Crippen molar-refractivity contribution in [3.05, 3.63) is 36.0 Å². The maximum absolute atomic E-state index is 12.9. The number of amides is 2. The van der Waals surface area contributed by atoms with Crippen LogP contribution in [0.1, 0.15) is 19.5 Å². The summed E-state index contributed by atoms with van der Waals surface area (Å²) in [7, 11) is 0. The van der Waals surface area contributed by atoms with Gasteiger partial charge in [0.1, 0.15) is 11.4 Å². The van der Waals surface area contributed by atoms with Gasteiger partial charge in [-0.2, -0.15) is 0 Å². The minimum atomic E-state index is -0.988. The van der Waals surface area contributed by atoms with Gasteiger partial charge >= 0.3 is 0 Å². The van der Waals surface area contributed by atoms with Gasteiger partial charge in [0.25, 0.3) is 0 Å². The molecule has 0 aliphatic carbocycles. The molecule has 0 fully saturated rings. The number of nitrogens with zero attached hydrogens (tertiary/aromatic N) is 3. The second-order valence-corrected chi connectivity index (χ2v) is 7.21. The van der Waals surface area contributed by atoms with Crippen LogP contribution in [-0.2, 0) is 9.59 Å². The number of hydrogen-bond acceptors (Lipinski definition) is 6. The highest BCUT2D eigenvalue weighted by molar-refractivity contribution is 7.99. The molecule has 0 saturated heterocycles. The first-order chi connectivity index (χ1) is 11.8. The van der Waals surface area contributed by atoms with Gasteiger partial charge in [-0.25, -0.2) is 9.97 Å². The molecule has 8 heteroatoms. The van der Waals surface area contributed by atoms with Gasteiger partial charge in [0, 0.05) is 11.8 Å². The molecule has 0 saturated carbocycles. The number of aromatic nitrogens is 2. The van der Waals surface area contributed by atoms with Crippen LogP contribution >= 0.6 is 11.8 Å². The Kier molecular flexibility index (Phi) is 4.38. The highest BCUT2D eigenvalue weighted by Crippen LogP contribution is 2.37. The summed E-state index contributed by atoms with van der Waals surface area (Å²) in [5.41, 5.74) is 6.78. The van der Waals surface area contributed by atoms with E-state index < -0.39 is 5.54 Å². The number of para-hydroxylation sites is 2. The molecule has 0 unspecified atom stereocenters. The van der Waals surface area contributed by atoms with Crippen molar-refractivity contribution in [2.75, 3.05) is 21.7 Å². The molecule has 0 spiro atoms. The molecule has 2 amide bonds. The van der Waals surface area contributed by atoms with E-state index in [0.29, 0.717) is 22.3 Å². The summed E-state index contributed by atoms with van der Waals surface area (Å²) in [6.07, 6.45) is 0. The van der Waals surface area contributed by atoms with E-state index >= 15 is 0 Å². The van der Waals surface area contributed by atoms with Crippen LogP contribution in [0.25, 0.3) is 0 Å². The van der Waals surface area contributed by atoms with Gasteiger partial charge in [0.05, 0.1) is 17.1 Å². The molecule has 3 rings (SSSR count). The quantitative estimate of drug-likeness (QED) is 0.645. The fourth-order valence-corrected chi connectivity index (χ4v) is 3.48. The Balaban J connectivity index is 1.86. The molecule has 1 aromatic carbocycles. The number of nitrogens with two attached hydrogens (primary N) is 1. The fourth-order valence-electron chi connectivity index (χ4n) is 2.72. The van der Waals surface area contributed by atoms with Gasteiger partial charge in [0.2, 0.25) is 11.8 Å². The SMILES string of the molecule is Cc1cc(N)nc(SCC(=O)N2c3ccccc3NC(=O)C2(C)C)n1. The van der Waals surface area contributed by atoms with Gasteiger partial charge in [-0.15, -0.1) is 0 Å². The number of hydrogen-bond donors (Lipinski definition) is 2. The molecule has 7 nitrogen and oxygen atoms in total. The van der Waals surface area contributed by atoms with Crippen molar-refractivity contribution in [3.8, 4) is 0 Å². The predicted molar refractivity (Wildman–Crippen MR) is 98.5 cm³/mol. The molecule has 2 aromatic rings. The van der Waals surface area contributed by atoms with Gasteiger partial charge in [-0.05, 0) is 32.9 Å². The molecule has 130 valence electrons. The van der Waals surface area contributed by atoms with Crippen LogP contribution in [0.2, 0.25) is 0 Å². The topological polar surface area (TPSA) is 101 Å². The van der Waals surface area contributed by atoms with Crippen LogP contribution in [0.15, 0.2) is 35.5 Å². The summed E-state index contributed by atoms with van der Waals surface area (Å²) >= 11 is 1.20. The smallest absolute Gasteiger partial charge is 0.250 e. The number of carbonyl (C=O) groups excluding carboxylic acids is 2. The van der Waals surface area contributed by atoms with Crippen molar-refractivity contribution in [2.45, 2.75) is 31.5 Å². The maximum atomic E-state index is 12.9. The lowest BCUT2D eigenvalue weighted by Gasteiger charge is -2.42. The summed E-state index contributed by atoms with van der Waals surface area (Å²) in [5, 5.41) is 3.29. The highest BCUT2D eigenvalue weighted by Gasteiger charge is 2.43. The molecular weight excluding hydrogens is 338 g/mol. The number of nitrogens with one attached hydrogen (secondary N) is 1. The maximum Gasteiger partial charge on any atom is 0.250 e. The standard InChI is InChI=1S/C17H19N5O2S/c1-10-8-13(18)21-16(19-10)25-9-14(23)22-12-7-5-4-6-11(12)20-15(24)17(22,2)3/h4-8H,9H2,1-3H3,(H,20,24)(H2,18,19,21). The lowest BCUT2D eigenvalue weighted by atomic mass is 9.96. The second-order valence-electron chi connectivity index (χ2n) is 6.26. The van der Waals surface area contributed by atoms with Gasteiger partial charge in [-0.1, -0.05) is 23.9 Å². The van der Waals surface area contributed by atoms with E-state index in [-0.39, 0.29) is 17.6 Å². The Labute approximate surface area is 150 Å². The zero-order chi connectivity index (χ0) is 18.2. The molecule has 0 radical (unpaired) electrons. The Hall–Kier alpha value is -2.61. The van der Waals surface area contributed by atoms with Gasteiger partial charge in [-0.3, -0.25) is 14.5 Å². The molecule has 0 bridgehead atoms. The van der Waals surface area contributed by atoms with Crippen molar-refractivity contribution in [1.29, 1.82) is 0 Å². The highest BCUT2D eigenvalue weighted by atomic mass is 32.2. The number of aryl methyl sites for hydroxylation is 1. The van der Waals surface area contributed by atoms with Crippen LogP contribution < -0.4 is 16.0 Å². The van der Waals surface area contributed by atoms with E-state index in [1.165, 1.54) is 16.7 Å². The predicted octanol–water partition coefficient (Wildman–Crippen LogP) is 2.22. The molecular formula is C17H19N5O2S. The molecule has 1 aliphatic heterocycles. The number of benzene rings is 1.